The first kappa shape index (κ1) is 17.3. The third kappa shape index (κ3) is 4.11. The normalized spacial score (nSPS) is 14.7. The Bertz CT molecular complexity index is 772. The van der Waals surface area contributed by atoms with Gasteiger partial charge in [-0.2, -0.15) is 13.2 Å². The lowest BCUT2D eigenvalue weighted by atomic mass is 9.98. The number of benzene rings is 2. The number of halogens is 3. The van der Waals surface area contributed by atoms with Gasteiger partial charge in [0.1, 0.15) is 0 Å². The topological polar surface area (TPSA) is 44.4 Å². The van der Waals surface area contributed by atoms with Crippen molar-refractivity contribution in [1.29, 1.82) is 0 Å². The predicted molar refractivity (Wildman–Crippen MR) is 90.6 cm³/mol. The number of amides is 2. The number of rotatable bonds is 2. The number of nitrogens with zero attached hydrogens (tertiary/aromatic N) is 1. The minimum Gasteiger partial charge on any atom is -0.308 e. The Morgan fingerprint density at radius 2 is 1.80 bits per heavy atom. The van der Waals surface area contributed by atoms with Gasteiger partial charge in [0.2, 0.25) is 0 Å². The largest absolute Gasteiger partial charge is 0.416 e. The number of nitrogens with one attached hydrogen (secondary N) is 2. The summed E-state index contributed by atoms with van der Waals surface area (Å²) in [6.07, 6.45) is -3.56. The molecule has 2 aromatic rings. The third-order valence-corrected chi connectivity index (χ3v) is 4.18. The molecular formula is C18H18F3N3O. The summed E-state index contributed by atoms with van der Waals surface area (Å²) >= 11 is 0. The molecule has 0 saturated carbocycles. The number of urea groups is 1. The third-order valence-electron chi connectivity index (χ3n) is 4.18. The maximum Gasteiger partial charge on any atom is 0.416 e. The molecule has 1 aliphatic rings. The van der Waals surface area contributed by atoms with Crippen molar-refractivity contribution < 1.29 is 18.0 Å². The summed E-state index contributed by atoms with van der Waals surface area (Å²) in [6.45, 7) is 1.73. The van der Waals surface area contributed by atoms with Gasteiger partial charge >= 0.3 is 12.2 Å². The van der Waals surface area contributed by atoms with E-state index in [1.807, 2.05) is 25.2 Å². The van der Waals surface area contributed by atoms with Crippen LogP contribution in [0.3, 0.4) is 0 Å². The van der Waals surface area contributed by atoms with Crippen LogP contribution in [0.5, 0.6) is 0 Å². The highest BCUT2D eigenvalue weighted by atomic mass is 19.4. The highest BCUT2D eigenvalue weighted by Crippen LogP contribution is 2.30. The average Bonchev–Trinajstić information content (AvgIpc) is 2.54. The minimum atomic E-state index is -4.39. The van der Waals surface area contributed by atoms with Crippen LogP contribution in [0.15, 0.2) is 42.5 Å². The standard InChI is InChI=1S/C18H18F3N3O/c1-24-10-9-15-12(11-24)3-2-4-16(15)23-17(25)22-14-7-5-13(6-8-14)18(19,20)21/h2-8H,9-11H2,1H3,(H2,22,23,25). The Labute approximate surface area is 143 Å². The van der Waals surface area contributed by atoms with Gasteiger partial charge in [0.15, 0.2) is 0 Å². The number of hydrogen-bond donors (Lipinski definition) is 2. The molecule has 0 unspecified atom stereocenters. The Morgan fingerprint density at radius 1 is 1.08 bits per heavy atom. The van der Waals surface area contributed by atoms with E-state index in [0.29, 0.717) is 5.69 Å². The van der Waals surface area contributed by atoms with Crippen molar-refractivity contribution in [2.75, 3.05) is 24.2 Å². The molecule has 1 heterocycles. The molecule has 0 atom stereocenters. The number of likely N-dealkylation sites (N-methyl/N-ethyl adjacent to an activating group) is 1. The van der Waals surface area contributed by atoms with Crippen molar-refractivity contribution in [2.24, 2.45) is 0 Å². The molecule has 2 amide bonds. The van der Waals surface area contributed by atoms with Crippen LogP contribution in [-0.2, 0) is 19.1 Å². The van der Waals surface area contributed by atoms with Gasteiger partial charge in [-0.15, -0.1) is 0 Å². The molecule has 0 bridgehead atoms. The molecule has 0 fully saturated rings. The number of anilines is 2. The van der Waals surface area contributed by atoms with Crippen LogP contribution < -0.4 is 10.6 Å². The first-order chi connectivity index (χ1) is 11.8. The van der Waals surface area contributed by atoms with E-state index in [4.69, 9.17) is 0 Å². The molecule has 0 spiro atoms. The zero-order chi connectivity index (χ0) is 18.0. The first-order valence-corrected chi connectivity index (χ1v) is 7.87. The number of carbonyl (C=O) groups is 1. The van der Waals surface area contributed by atoms with Gasteiger partial charge in [-0.05, 0) is 54.9 Å². The number of hydrogen-bond acceptors (Lipinski definition) is 2. The van der Waals surface area contributed by atoms with Crippen LogP contribution in [0.4, 0.5) is 29.3 Å². The van der Waals surface area contributed by atoms with Crippen LogP contribution in [-0.4, -0.2) is 24.5 Å². The van der Waals surface area contributed by atoms with E-state index in [9.17, 15) is 18.0 Å². The van der Waals surface area contributed by atoms with Gasteiger partial charge in [-0.25, -0.2) is 4.79 Å². The van der Waals surface area contributed by atoms with Gasteiger partial charge in [0, 0.05) is 24.5 Å². The van der Waals surface area contributed by atoms with E-state index < -0.39 is 17.8 Å². The molecule has 132 valence electrons. The summed E-state index contributed by atoms with van der Waals surface area (Å²) in [4.78, 5) is 14.4. The molecule has 7 heteroatoms. The summed E-state index contributed by atoms with van der Waals surface area (Å²) in [6, 6.07) is 9.61. The van der Waals surface area contributed by atoms with Crippen molar-refractivity contribution in [1.82, 2.24) is 4.90 Å². The molecule has 25 heavy (non-hydrogen) atoms. The Balaban J connectivity index is 1.68. The van der Waals surface area contributed by atoms with Gasteiger partial charge in [0.25, 0.3) is 0 Å². The van der Waals surface area contributed by atoms with Crippen molar-refractivity contribution in [3.05, 3.63) is 59.2 Å². The number of alkyl halides is 3. The summed E-state index contributed by atoms with van der Waals surface area (Å²) in [5, 5.41) is 5.34. The maximum atomic E-state index is 12.6. The van der Waals surface area contributed by atoms with E-state index in [0.717, 1.165) is 42.9 Å². The lowest BCUT2D eigenvalue weighted by molar-refractivity contribution is -0.137. The van der Waals surface area contributed by atoms with Crippen LogP contribution in [0.25, 0.3) is 0 Å². The Hall–Kier alpha value is -2.54. The molecule has 2 aromatic carbocycles. The van der Waals surface area contributed by atoms with E-state index in [1.165, 1.54) is 17.7 Å². The van der Waals surface area contributed by atoms with E-state index >= 15 is 0 Å². The quantitative estimate of drug-likeness (QED) is 0.847. The van der Waals surface area contributed by atoms with Crippen molar-refractivity contribution in [3.63, 3.8) is 0 Å². The summed E-state index contributed by atoms with van der Waals surface area (Å²) in [5.41, 5.74) is 2.55. The molecule has 0 saturated heterocycles. The lowest BCUT2D eigenvalue weighted by Crippen LogP contribution is -2.28. The number of carbonyl (C=O) groups excluding carboxylic acids is 1. The molecule has 0 aromatic heterocycles. The first-order valence-electron chi connectivity index (χ1n) is 7.87. The number of fused-ring (bicyclic) bond motifs is 1. The zero-order valence-corrected chi connectivity index (χ0v) is 13.7. The summed E-state index contributed by atoms with van der Waals surface area (Å²) in [7, 11) is 2.04. The van der Waals surface area contributed by atoms with E-state index in [2.05, 4.69) is 15.5 Å². The highest BCUT2D eigenvalue weighted by Gasteiger charge is 2.30. The monoisotopic (exact) mass is 349 g/mol. The van der Waals surface area contributed by atoms with E-state index in [-0.39, 0.29) is 0 Å². The second kappa shape index (κ2) is 6.76. The zero-order valence-electron chi connectivity index (χ0n) is 13.7. The fraction of sp³-hybridized carbons (Fsp3) is 0.278. The minimum absolute atomic E-state index is 0.301. The van der Waals surface area contributed by atoms with E-state index in [1.54, 1.807) is 0 Å². The van der Waals surface area contributed by atoms with Gasteiger partial charge in [0.05, 0.1) is 5.56 Å². The molecule has 3 rings (SSSR count). The van der Waals surface area contributed by atoms with Gasteiger partial charge in [-0.1, -0.05) is 12.1 Å². The summed E-state index contributed by atoms with van der Waals surface area (Å²) < 4.78 is 37.7. The SMILES string of the molecule is CN1CCc2c(cccc2NC(=O)Nc2ccc(C(F)(F)F)cc2)C1. The fourth-order valence-electron chi connectivity index (χ4n) is 2.89. The van der Waals surface area contributed by atoms with Crippen molar-refractivity contribution in [2.45, 2.75) is 19.1 Å². The molecule has 0 radical (unpaired) electrons. The molecule has 4 nitrogen and oxygen atoms in total. The smallest absolute Gasteiger partial charge is 0.308 e. The molecule has 1 aliphatic heterocycles. The van der Waals surface area contributed by atoms with Crippen LogP contribution >= 0.6 is 0 Å². The molecule has 2 N–H and O–H groups in total. The average molecular weight is 349 g/mol. The lowest BCUT2D eigenvalue weighted by Gasteiger charge is -2.26. The van der Waals surface area contributed by atoms with Crippen LogP contribution in [0.2, 0.25) is 0 Å². The predicted octanol–water partition coefficient (Wildman–Crippen LogP) is 4.34. The molecular weight excluding hydrogens is 331 g/mol. The fourth-order valence-corrected chi connectivity index (χ4v) is 2.89. The Kier molecular flexibility index (Phi) is 4.67. The van der Waals surface area contributed by atoms with Crippen molar-refractivity contribution in [3.8, 4) is 0 Å². The molecule has 0 aliphatic carbocycles. The van der Waals surface area contributed by atoms with Crippen LogP contribution in [0.1, 0.15) is 16.7 Å². The second-order valence-electron chi connectivity index (χ2n) is 6.09. The Morgan fingerprint density at radius 3 is 2.48 bits per heavy atom. The van der Waals surface area contributed by atoms with Gasteiger partial charge in [-0.3, -0.25) is 0 Å². The van der Waals surface area contributed by atoms with Crippen LogP contribution in [0, 0.1) is 0 Å². The highest BCUT2D eigenvalue weighted by molar-refractivity contribution is 6.00. The maximum absolute atomic E-state index is 12.6. The van der Waals surface area contributed by atoms with Gasteiger partial charge < -0.3 is 15.5 Å². The second-order valence-corrected chi connectivity index (χ2v) is 6.09. The summed E-state index contributed by atoms with van der Waals surface area (Å²) in [5.74, 6) is 0. The van der Waals surface area contributed by atoms with Crippen molar-refractivity contribution >= 4 is 17.4 Å².